The molecule has 196 valence electrons. The minimum Gasteiger partial charge on any atom is -0.478 e. The molecule has 7 heteroatoms. The number of aliphatic carboxylic acids is 1. The van der Waals surface area contributed by atoms with Gasteiger partial charge in [-0.1, -0.05) is 31.5 Å². The predicted molar refractivity (Wildman–Crippen MR) is 147 cm³/mol. The van der Waals surface area contributed by atoms with Gasteiger partial charge in [-0.2, -0.15) is 5.10 Å². The number of hydrogen-bond donors (Lipinski definition) is 1. The van der Waals surface area contributed by atoms with Crippen LogP contribution in [0.25, 0.3) is 17.2 Å². The van der Waals surface area contributed by atoms with E-state index in [-0.39, 0.29) is 6.29 Å². The summed E-state index contributed by atoms with van der Waals surface area (Å²) in [4.78, 5) is 14.1. The molecule has 0 saturated heterocycles. The SMILES string of the molecule is CCCCOC(C)Oc1ccc(-c2ccc3c(c2)C=C(C(=O)O)CCN3Cc2cnn(C(C)C)c2)cc1. The molecule has 0 saturated carbocycles. The number of benzene rings is 2. The highest BCUT2D eigenvalue weighted by Gasteiger charge is 2.20. The zero-order chi connectivity index (χ0) is 26.4. The highest BCUT2D eigenvalue weighted by Crippen LogP contribution is 2.34. The second-order valence-corrected chi connectivity index (χ2v) is 9.78. The maximum absolute atomic E-state index is 11.9. The molecule has 4 rings (SSSR count). The average molecular weight is 504 g/mol. The van der Waals surface area contributed by atoms with Crippen molar-refractivity contribution in [3.63, 3.8) is 0 Å². The van der Waals surface area contributed by atoms with Crippen LogP contribution in [0, 0.1) is 0 Å². The normalized spacial score (nSPS) is 14.2. The quantitative estimate of drug-likeness (QED) is 0.236. The number of anilines is 1. The third-order valence-electron chi connectivity index (χ3n) is 6.52. The molecule has 37 heavy (non-hydrogen) atoms. The fraction of sp³-hybridized carbons (Fsp3) is 0.400. The average Bonchev–Trinajstić information content (AvgIpc) is 3.27. The number of carboxylic acids is 1. The van der Waals surface area contributed by atoms with Gasteiger partial charge >= 0.3 is 5.97 Å². The predicted octanol–water partition coefficient (Wildman–Crippen LogP) is 6.55. The van der Waals surface area contributed by atoms with Gasteiger partial charge in [0, 0.05) is 42.2 Å². The Morgan fingerprint density at radius 2 is 1.86 bits per heavy atom. The van der Waals surface area contributed by atoms with E-state index >= 15 is 0 Å². The lowest BCUT2D eigenvalue weighted by atomic mass is 10.00. The molecule has 1 unspecified atom stereocenters. The summed E-state index contributed by atoms with van der Waals surface area (Å²) < 4.78 is 13.5. The Kier molecular flexibility index (Phi) is 8.66. The van der Waals surface area contributed by atoms with Gasteiger partial charge in [-0.15, -0.1) is 0 Å². The topological polar surface area (TPSA) is 76.8 Å². The van der Waals surface area contributed by atoms with Crippen molar-refractivity contribution in [2.75, 3.05) is 18.1 Å². The Morgan fingerprint density at radius 3 is 2.54 bits per heavy atom. The number of rotatable bonds is 11. The first kappa shape index (κ1) is 26.5. The third-order valence-corrected chi connectivity index (χ3v) is 6.52. The van der Waals surface area contributed by atoms with Crippen LogP contribution in [0.2, 0.25) is 0 Å². The molecule has 0 fully saturated rings. The van der Waals surface area contributed by atoms with Crippen molar-refractivity contribution < 1.29 is 19.4 Å². The van der Waals surface area contributed by atoms with Crippen molar-refractivity contribution in [1.29, 1.82) is 0 Å². The molecule has 0 bridgehead atoms. The van der Waals surface area contributed by atoms with E-state index < -0.39 is 5.97 Å². The summed E-state index contributed by atoms with van der Waals surface area (Å²) in [5.41, 5.74) is 5.50. The van der Waals surface area contributed by atoms with Crippen LogP contribution < -0.4 is 9.64 Å². The first-order valence-corrected chi connectivity index (χ1v) is 13.1. The Bertz CT molecular complexity index is 1230. The van der Waals surface area contributed by atoms with Crippen LogP contribution in [-0.4, -0.2) is 40.3 Å². The van der Waals surface area contributed by atoms with Gasteiger partial charge < -0.3 is 19.5 Å². The fourth-order valence-corrected chi connectivity index (χ4v) is 4.41. The van der Waals surface area contributed by atoms with Crippen molar-refractivity contribution in [1.82, 2.24) is 9.78 Å². The molecule has 0 amide bonds. The molecule has 0 radical (unpaired) electrons. The Balaban J connectivity index is 1.56. The van der Waals surface area contributed by atoms with E-state index in [4.69, 9.17) is 9.47 Å². The molecule has 1 aliphatic rings. The van der Waals surface area contributed by atoms with Crippen LogP contribution in [0.3, 0.4) is 0 Å². The highest BCUT2D eigenvalue weighted by atomic mass is 16.7. The number of unbranched alkanes of at least 4 members (excludes halogenated alkanes) is 1. The summed E-state index contributed by atoms with van der Waals surface area (Å²) in [6, 6.07) is 14.5. The number of carboxylic acid groups (broad SMARTS) is 1. The highest BCUT2D eigenvalue weighted by molar-refractivity contribution is 5.94. The van der Waals surface area contributed by atoms with Crippen LogP contribution in [0.5, 0.6) is 5.75 Å². The van der Waals surface area contributed by atoms with E-state index in [0.29, 0.717) is 37.7 Å². The van der Waals surface area contributed by atoms with E-state index in [1.165, 1.54) is 0 Å². The van der Waals surface area contributed by atoms with Crippen LogP contribution in [0.4, 0.5) is 5.69 Å². The number of hydrogen-bond acceptors (Lipinski definition) is 5. The second-order valence-electron chi connectivity index (χ2n) is 9.78. The van der Waals surface area contributed by atoms with Crippen molar-refractivity contribution >= 4 is 17.7 Å². The zero-order valence-corrected chi connectivity index (χ0v) is 22.2. The van der Waals surface area contributed by atoms with E-state index in [9.17, 15) is 9.90 Å². The van der Waals surface area contributed by atoms with Gasteiger partial charge in [0.1, 0.15) is 5.75 Å². The minimum absolute atomic E-state index is 0.293. The van der Waals surface area contributed by atoms with Crippen molar-refractivity contribution in [3.8, 4) is 16.9 Å². The zero-order valence-electron chi connectivity index (χ0n) is 22.2. The Labute approximate surface area is 219 Å². The number of ether oxygens (including phenoxy) is 2. The summed E-state index contributed by atoms with van der Waals surface area (Å²) in [5, 5.41) is 14.2. The van der Waals surface area contributed by atoms with Gasteiger partial charge in [0.15, 0.2) is 6.29 Å². The van der Waals surface area contributed by atoms with E-state index in [0.717, 1.165) is 46.5 Å². The van der Waals surface area contributed by atoms with Crippen molar-refractivity contribution in [2.24, 2.45) is 0 Å². The van der Waals surface area contributed by atoms with Crippen LogP contribution in [-0.2, 0) is 16.1 Å². The van der Waals surface area contributed by atoms with Gasteiger partial charge in [-0.25, -0.2) is 4.79 Å². The molecule has 3 aromatic rings. The summed E-state index contributed by atoms with van der Waals surface area (Å²) in [5.74, 6) is -0.119. The lowest BCUT2D eigenvalue weighted by molar-refractivity contribution is -0.132. The van der Waals surface area contributed by atoms with Gasteiger partial charge in [0.2, 0.25) is 0 Å². The molecule has 1 atom stereocenters. The number of carbonyl (C=O) groups is 1. The monoisotopic (exact) mass is 503 g/mol. The van der Waals surface area contributed by atoms with Gasteiger partial charge in [0.05, 0.1) is 12.8 Å². The molecular weight excluding hydrogens is 466 g/mol. The molecule has 1 N–H and O–H groups in total. The van der Waals surface area contributed by atoms with E-state index in [1.807, 2.05) is 48.1 Å². The molecule has 1 aromatic heterocycles. The third kappa shape index (κ3) is 6.80. The smallest absolute Gasteiger partial charge is 0.331 e. The maximum atomic E-state index is 11.9. The Morgan fingerprint density at radius 1 is 1.11 bits per heavy atom. The molecule has 2 heterocycles. The summed E-state index contributed by atoms with van der Waals surface area (Å²) in [6.07, 6.45) is 8.04. The number of nitrogens with zero attached hydrogens (tertiary/aromatic N) is 3. The summed E-state index contributed by atoms with van der Waals surface area (Å²) >= 11 is 0. The summed E-state index contributed by atoms with van der Waals surface area (Å²) in [6.45, 7) is 10.2. The molecule has 7 nitrogen and oxygen atoms in total. The van der Waals surface area contributed by atoms with Crippen LogP contribution >= 0.6 is 0 Å². The number of aromatic nitrogens is 2. The van der Waals surface area contributed by atoms with Gasteiger partial charge in [-0.05, 0) is 80.6 Å². The largest absolute Gasteiger partial charge is 0.478 e. The maximum Gasteiger partial charge on any atom is 0.331 e. The van der Waals surface area contributed by atoms with Gasteiger partial charge in [-0.3, -0.25) is 4.68 Å². The van der Waals surface area contributed by atoms with Crippen molar-refractivity contribution in [3.05, 3.63) is 71.6 Å². The van der Waals surface area contributed by atoms with E-state index in [2.05, 4.69) is 55.2 Å². The first-order chi connectivity index (χ1) is 17.8. The molecule has 0 aliphatic carbocycles. The van der Waals surface area contributed by atoms with Crippen molar-refractivity contribution in [2.45, 2.75) is 65.8 Å². The minimum atomic E-state index is -0.873. The molecule has 0 spiro atoms. The first-order valence-electron chi connectivity index (χ1n) is 13.1. The molecule has 2 aromatic carbocycles. The second kappa shape index (κ2) is 12.1. The Hall–Kier alpha value is -3.58. The lowest BCUT2D eigenvalue weighted by Crippen LogP contribution is -2.24. The lowest BCUT2D eigenvalue weighted by Gasteiger charge is -2.25. The fourth-order valence-electron chi connectivity index (χ4n) is 4.41. The number of fused-ring (bicyclic) bond motifs is 1. The molecule has 1 aliphatic heterocycles. The van der Waals surface area contributed by atoms with Gasteiger partial charge in [0.25, 0.3) is 0 Å². The van der Waals surface area contributed by atoms with Crippen LogP contribution in [0.1, 0.15) is 64.1 Å². The molecular formula is C30H37N3O4. The summed E-state index contributed by atoms with van der Waals surface area (Å²) in [7, 11) is 0. The standard InChI is InChI=1S/C30H37N3O4/c1-5-6-15-36-22(4)37-28-10-7-24(8-11-28)25-9-12-29-27(16-25)17-26(30(34)35)13-14-32(29)19-23-18-31-33(20-23)21(2)3/h7-12,16-18,20-22H,5-6,13-15,19H2,1-4H3,(H,34,35). The van der Waals surface area contributed by atoms with E-state index in [1.54, 1.807) is 0 Å². The van der Waals surface area contributed by atoms with Crippen LogP contribution in [0.15, 0.2) is 60.4 Å².